The fourth-order valence-corrected chi connectivity index (χ4v) is 3.47. The zero-order chi connectivity index (χ0) is 19.3. The zero-order valence-electron chi connectivity index (χ0n) is 16.6. The van der Waals surface area contributed by atoms with E-state index in [1.165, 1.54) is 11.1 Å². The van der Waals surface area contributed by atoms with Crippen LogP contribution in [0, 0.1) is 0 Å². The van der Waals surface area contributed by atoms with Gasteiger partial charge in [-0.15, -0.1) is 0 Å². The molecular weight excluding hydrogens is 336 g/mol. The Balaban J connectivity index is 1.45. The molecule has 1 aliphatic rings. The highest BCUT2D eigenvalue weighted by Crippen LogP contribution is 2.47. The van der Waals surface area contributed by atoms with Crippen LogP contribution in [0.15, 0.2) is 54.6 Å². The van der Waals surface area contributed by atoms with Crippen LogP contribution in [-0.4, -0.2) is 44.1 Å². The Kier molecular flexibility index (Phi) is 6.17. The maximum absolute atomic E-state index is 12.4. The van der Waals surface area contributed by atoms with E-state index in [4.69, 9.17) is 4.74 Å². The van der Waals surface area contributed by atoms with E-state index in [1.54, 1.807) is 7.11 Å². The third kappa shape index (κ3) is 5.10. The maximum atomic E-state index is 12.4. The number of benzene rings is 2. The monoisotopic (exact) mass is 366 g/mol. The van der Waals surface area contributed by atoms with Crippen molar-refractivity contribution >= 4 is 5.91 Å². The minimum atomic E-state index is 0.0984. The summed E-state index contributed by atoms with van der Waals surface area (Å²) in [6.45, 7) is 3.31. The first-order valence-corrected chi connectivity index (χ1v) is 9.68. The van der Waals surface area contributed by atoms with Gasteiger partial charge in [-0.05, 0) is 56.5 Å². The van der Waals surface area contributed by atoms with Gasteiger partial charge in [-0.3, -0.25) is 9.69 Å². The average molecular weight is 367 g/mol. The highest BCUT2D eigenvalue weighted by Gasteiger charge is 2.44. The average Bonchev–Trinajstić information content (AvgIpc) is 3.49. The van der Waals surface area contributed by atoms with Crippen molar-refractivity contribution in [3.63, 3.8) is 0 Å². The smallest absolute Gasteiger partial charge is 0.234 e. The maximum Gasteiger partial charge on any atom is 0.234 e. The number of nitrogens with zero attached hydrogens (tertiary/aromatic N) is 1. The Morgan fingerprint density at radius 3 is 2.41 bits per heavy atom. The van der Waals surface area contributed by atoms with Crippen LogP contribution < -0.4 is 10.1 Å². The minimum Gasteiger partial charge on any atom is -0.497 e. The summed E-state index contributed by atoms with van der Waals surface area (Å²) in [5, 5.41) is 3.15. The van der Waals surface area contributed by atoms with E-state index in [0.29, 0.717) is 6.54 Å². The molecule has 1 amide bonds. The van der Waals surface area contributed by atoms with Crippen molar-refractivity contribution in [2.75, 3.05) is 27.2 Å². The fraction of sp³-hybridized carbons (Fsp3) is 0.435. The van der Waals surface area contributed by atoms with Gasteiger partial charge >= 0.3 is 0 Å². The number of methoxy groups -OCH3 is 1. The Labute approximate surface area is 162 Å². The normalized spacial score (nSPS) is 16.0. The highest BCUT2D eigenvalue weighted by molar-refractivity contribution is 5.78. The van der Waals surface area contributed by atoms with Crippen LogP contribution >= 0.6 is 0 Å². The van der Waals surface area contributed by atoms with Crippen molar-refractivity contribution in [3.8, 4) is 5.75 Å². The van der Waals surface area contributed by atoms with Gasteiger partial charge in [0.15, 0.2) is 0 Å². The molecule has 1 saturated carbocycles. The van der Waals surface area contributed by atoms with Gasteiger partial charge in [0, 0.05) is 18.0 Å². The number of rotatable bonds is 9. The first kappa shape index (κ1) is 19.4. The van der Waals surface area contributed by atoms with Gasteiger partial charge in [-0.1, -0.05) is 42.5 Å². The van der Waals surface area contributed by atoms with Gasteiger partial charge in [0.2, 0.25) is 5.91 Å². The molecule has 0 aromatic heterocycles. The van der Waals surface area contributed by atoms with Gasteiger partial charge in [-0.2, -0.15) is 0 Å². The molecule has 0 saturated heterocycles. The van der Waals surface area contributed by atoms with Crippen molar-refractivity contribution in [2.24, 2.45) is 0 Å². The molecule has 0 bridgehead atoms. The Morgan fingerprint density at radius 1 is 1.15 bits per heavy atom. The number of likely N-dealkylation sites (N-methyl/N-ethyl adjacent to an activating group) is 1. The summed E-state index contributed by atoms with van der Waals surface area (Å²) in [5.41, 5.74) is 2.74. The third-order valence-electron chi connectivity index (χ3n) is 5.70. The summed E-state index contributed by atoms with van der Waals surface area (Å²) in [4.78, 5) is 14.5. The fourth-order valence-electron chi connectivity index (χ4n) is 3.47. The molecule has 144 valence electrons. The molecular formula is C23H30N2O2. The van der Waals surface area contributed by atoms with Gasteiger partial charge in [0.1, 0.15) is 5.75 Å². The molecule has 3 rings (SSSR count). The number of hydrogen-bond donors (Lipinski definition) is 1. The molecule has 1 unspecified atom stereocenters. The molecule has 2 aromatic rings. The van der Waals surface area contributed by atoms with Crippen molar-refractivity contribution in [2.45, 2.75) is 37.6 Å². The SMILES string of the molecule is COc1ccc(CC(C)N(C)CC(=O)NCC2(c3ccccc3)CC2)cc1. The molecule has 1 N–H and O–H groups in total. The van der Waals surface area contributed by atoms with E-state index in [1.807, 2.05) is 25.2 Å². The third-order valence-corrected chi connectivity index (χ3v) is 5.70. The number of carbonyl (C=O) groups excluding carboxylic acids is 1. The molecule has 0 aliphatic heterocycles. The summed E-state index contributed by atoms with van der Waals surface area (Å²) in [6, 6.07) is 18.9. The standard InChI is InChI=1S/C23H30N2O2/c1-18(15-19-9-11-21(27-3)12-10-19)25(2)16-22(26)24-17-23(13-14-23)20-7-5-4-6-8-20/h4-12,18H,13-17H2,1-3H3,(H,24,26). The van der Waals surface area contributed by atoms with Gasteiger partial charge in [0.25, 0.3) is 0 Å². The molecule has 4 heteroatoms. The summed E-state index contributed by atoms with van der Waals surface area (Å²) < 4.78 is 5.20. The van der Waals surface area contributed by atoms with E-state index in [0.717, 1.165) is 31.6 Å². The molecule has 1 atom stereocenters. The van der Waals surface area contributed by atoms with Crippen LogP contribution in [0.1, 0.15) is 30.9 Å². The van der Waals surface area contributed by atoms with Crippen molar-refractivity contribution in [1.82, 2.24) is 10.2 Å². The Morgan fingerprint density at radius 2 is 1.81 bits per heavy atom. The van der Waals surface area contributed by atoms with Crippen LogP contribution in [0.4, 0.5) is 0 Å². The summed E-state index contributed by atoms with van der Waals surface area (Å²) in [6.07, 6.45) is 3.21. The quantitative estimate of drug-likeness (QED) is 0.739. The predicted molar refractivity (Wildman–Crippen MR) is 109 cm³/mol. The van der Waals surface area contributed by atoms with Gasteiger partial charge in [0.05, 0.1) is 13.7 Å². The second-order valence-corrected chi connectivity index (χ2v) is 7.74. The summed E-state index contributed by atoms with van der Waals surface area (Å²) in [7, 11) is 3.69. The van der Waals surface area contributed by atoms with Crippen LogP contribution in [0.25, 0.3) is 0 Å². The lowest BCUT2D eigenvalue weighted by Crippen LogP contribution is -2.42. The summed E-state index contributed by atoms with van der Waals surface area (Å²) in [5.74, 6) is 0.966. The van der Waals surface area contributed by atoms with Crippen molar-refractivity contribution in [3.05, 3.63) is 65.7 Å². The number of ether oxygens (including phenoxy) is 1. The largest absolute Gasteiger partial charge is 0.497 e. The number of carbonyl (C=O) groups is 1. The molecule has 0 radical (unpaired) electrons. The zero-order valence-corrected chi connectivity index (χ0v) is 16.6. The van der Waals surface area contributed by atoms with Crippen LogP contribution in [0.2, 0.25) is 0 Å². The topological polar surface area (TPSA) is 41.6 Å². The molecule has 27 heavy (non-hydrogen) atoms. The lowest BCUT2D eigenvalue weighted by molar-refractivity contribution is -0.122. The number of nitrogens with one attached hydrogen (secondary N) is 1. The predicted octanol–water partition coefficient (Wildman–Crippen LogP) is 3.41. The number of hydrogen-bond acceptors (Lipinski definition) is 3. The number of amides is 1. The van der Waals surface area contributed by atoms with E-state index >= 15 is 0 Å². The lowest BCUT2D eigenvalue weighted by Gasteiger charge is -2.25. The molecule has 4 nitrogen and oxygen atoms in total. The van der Waals surface area contributed by atoms with Crippen LogP contribution in [-0.2, 0) is 16.6 Å². The molecule has 1 aliphatic carbocycles. The molecule has 2 aromatic carbocycles. The minimum absolute atomic E-state index is 0.0984. The van der Waals surface area contributed by atoms with E-state index in [-0.39, 0.29) is 17.4 Å². The first-order valence-electron chi connectivity index (χ1n) is 9.68. The van der Waals surface area contributed by atoms with E-state index < -0.39 is 0 Å². The molecule has 0 spiro atoms. The van der Waals surface area contributed by atoms with Gasteiger partial charge < -0.3 is 10.1 Å². The van der Waals surface area contributed by atoms with Gasteiger partial charge in [-0.25, -0.2) is 0 Å². The van der Waals surface area contributed by atoms with E-state index in [9.17, 15) is 4.79 Å². The van der Waals surface area contributed by atoms with Crippen molar-refractivity contribution in [1.29, 1.82) is 0 Å². The van der Waals surface area contributed by atoms with Crippen LogP contribution in [0.5, 0.6) is 5.75 Å². The Bertz CT molecular complexity index is 739. The van der Waals surface area contributed by atoms with Crippen LogP contribution in [0.3, 0.4) is 0 Å². The lowest BCUT2D eigenvalue weighted by atomic mass is 9.96. The highest BCUT2D eigenvalue weighted by atomic mass is 16.5. The van der Waals surface area contributed by atoms with Crippen molar-refractivity contribution < 1.29 is 9.53 Å². The second kappa shape index (κ2) is 8.57. The van der Waals surface area contributed by atoms with E-state index in [2.05, 4.69) is 53.5 Å². The second-order valence-electron chi connectivity index (χ2n) is 7.74. The first-order chi connectivity index (χ1) is 13.0. The molecule has 1 fully saturated rings. The Hall–Kier alpha value is -2.33. The summed E-state index contributed by atoms with van der Waals surface area (Å²) >= 11 is 0. The molecule has 0 heterocycles.